The number of alkyl halides is 6. The first-order valence-electron chi connectivity index (χ1n) is 40.8. The quantitative estimate of drug-likeness (QED) is 0.0772. The standard InChI is InChI=1S/C20H12F6IS.C18H12F2IS.C18H14FOS.C18H14FS.C18H15S.C14H21OS/c21-19(22,23)13-1-7-16(8-2-13)28(18-11-5-15(27)6-12-18)17-9-3-14(4-10-17)20(24,25)26;19-13-1-7-16(8-2-13)22(17-9-3-14(20)4-10-17)18-11-5-15(21)6-12-18;19-13-9-11-14(12-10-13)21-17-7-3-1-5-15(17)20-16-6-2-4-8-18(16)21;19-13-9-11-14(12-10-13)20-17-7-3-1-5-15(17)16-6-2-4-8-18(16)20;1-2-8-14(9-3-1)19-17-12-6-4-10-15(17)16-11-5-7-13-18(16)19;1-14(2,3)12-4-6-13(7-5-12)16-10-8-15-9-11-16/h1-12H;1-12H;1-12,15,17H;1-12,15,17H;1-13,15,17H;4-7H,8-11H2,1-3H3/q6*+1. The molecular formula is C106H88F10I2O2S6+6. The van der Waals surface area contributed by atoms with Crippen LogP contribution in [-0.4, -0.2) is 46.6 Å². The fraction of sp³-hybridized carbons (Fsp3) is 0.151. The number of fused-ring (bicyclic) bond motifs is 8. The first kappa shape index (κ1) is 91.7. The van der Waals surface area contributed by atoms with Crippen LogP contribution < -0.4 is 4.74 Å². The number of hydrogen-bond donors (Lipinski definition) is 0. The van der Waals surface area contributed by atoms with Crippen LogP contribution in [0.15, 0.2) is 458 Å². The molecule has 0 amide bonds. The maximum Gasteiger partial charge on any atom is 0.416 e. The first-order chi connectivity index (χ1) is 60.9. The lowest BCUT2D eigenvalue weighted by Crippen LogP contribution is -2.40. The third kappa shape index (κ3) is 22.6. The van der Waals surface area contributed by atoms with Gasteiger partial charge in [-0.3, -0.25) is 0 Å². The summed E-state index contributed by atoms with van der Waals surface area (Å²) in [5, 5.41) is 1.35. The van der Waals surface area contributed by atoms with E-state index in [0.717, 1.165) is 74.8 Å². The van der Waals surface area contributed by atoms with Crippen LogP contribution in [0.3, 0.4) is 0 Å². The topological polar surface area (TPSA) is 18.5 Å². The molecule has 7 aliphatic rings. The molecule has 0 aromatic heterocycles. The monoisotopic (exact) mass is 2030 g/mol. The van der Waals surface area contributed by atoms with Crippen LogP contribution in [-0.2, 0) is 87.9 Å². The zero-order chi connectivity index (χ0) is 88.1. The molecule has 638 valence electrons. The second-order valence-corrected chi connectivity index (χ2v) is 46.1. The molecule has 9 unspecified atom stereocenters. The van der Waals surface area contributed by atoms with Gasteiger partial charge in [-0.05, 0) is 323 Å². The van der Waals surface area contributed by atoms with Crippen molar-refractivity contribution in [3.05, 3.63) is 453 Å². The summed E-state index contributed by atoms with van der Waals surface area (Å²) in [5.41, 5.74) is 3.08. The molecule has 0 spiro atoms. The Morgan fingerprint density at radius 2 is 0.619 bits per heavy atom. The summed E-state index contributed by atoms with van der Waals surface area (Å²) in [6.45, 7) is 8.66. The van der Waals surface area contributed by atoms with Crippen molar-refractivity contribution in [3.63, 3.8) is 0 Å². The van der Waals surface area contributed by atoms with Crippen LogP contribution in [0.25, 0.3) is 0 Å². The molecule has 13 aromatic rings. The van der Waals surface area contributed by atoms with Crippen molar-refractivity contribution >= 4 is 111 Å². The molecule has 2 nitrogen and oxygen atoms in total. The third-order valence-corrected chi connectivity index (χ3v) is 37.5. The van der Waals surface area contributed by atoms with Crippen molar-refractivity contribution in [2.24, 2.45) is 0 Å². The summed E-state index contributed by atoms with van der Waals surface area (Å²) in [6, 6.07) is 97.9. The smallest absolute Gasteiger partial charge is 0.416 e. The van der Waals surface area contributed by atoms with E-state index in [1.54, 1.807) is 36.4 Å². The highest BCUT2D eigenvalue weighted by molar-refractivity contribution is 14.1. The van der Waals surface area contributed by atoms with E-state index in [1.807, 2.05) is 84.9 Å². The van der Waals surface area contributed by atoms with E-state index in [1.165, 1.54) is 118 Å². The Balaban J connectivity index is 0.000000117. The summed E-state index contributed by atoms with van der Waals surface area (Å²) in [7, 11) is -0.728. The number of para-hydroxylation sites is 1. The van der Waals surface area contributed by atoms with Gasteiger partial charge in [0.1, 0.15) is 34.8 Å². The highest BCUT2D eigenvalue weighted by Gasteiger charge is 2.51. The highest BCUT2D eigenvalue weighted by atomic mass is 127. The average Bonchev–Trinajstić information content (AvgIpc) is 1.58. The molecule has 0 saturated carbocycles. The molecular weight excluding hydrogens is 1940 g/mol. The predicted octanol–water partition coefficient (Wildman–Crippen LogP) is 29.0. The van der Waals surface area contributed by atoms with Gasteiger partial charge in [-0.15, -0.1) is 0 Å². The molecule has 0 radical (unpaired) electrons. The van der Waals surface area contributed by atoms with Crippen LogP contribution in [0.1, 0.15) is 60.4 Å². The van der Waals surface area contributed by atoms with Gasteiger partial charge in [0.2, 0.25) is 4.90 Å². The van der Waals surface area contributed by atoms with E-state index in [0.29, 0.717) is 43.0 Å². The van der Waals surface area contributed by atoms with E-state index in [9.17, 15) is 43.9 Å². The van der Waals surface area contributed by atoms with E-state index in [-0.39, 0.29) is 83.6 Å². The lowest BCUT2D eigenvalue weighted by Gasteiger charge is -2.30. The Morgan fingerprint density at radius 3 is 1.02 bits per heavy atom. The van der Waals surface area contributed by atoms with Gasteiger partial charge in [0.25, 0.3) is 0 Å². The van der Waals surface area contributed by atoms with Crippen molar-refractivity contribution in [2.75, 3.05) is 24.7 Å². The second-order valence-electron chi connectivity index (χ2n) is 30.9. The van der Waals surface area contributed by atoms with Gasteiger partial charge in [-0.2, -0.15) is 26.3 Å². The number of rotatable bonds is 10. The maximum atomic E-state index is 13.2. The molecule has 3 aliphatic carbocycles. The predicted molar refractivity (Wildman–Crippen MR) is 516 cm³/mol. The summed E-state index contributed by atoms with van der Waals surface area (Å²) < 4.78 is 144. The molecule has 9 atom stereocenters. The number of hydrogen-bond acceptors (Lipinski definition) is 2. The third-order valence-electron chi connectivity index (χ3n) is 21.6. The second kappa shape index (κ2) is 42.0. The Hall–Kier alpha value is -9.08. The number of benzene rings is 13. The maximum absolute atomic E-state index is 13.2. The summed E-state index contributed by atoms with van der Waals surface area (Å²) in [4.78, 5) is 14.6. The molecule has 126 heavy (non-hydrogen) atoms. The lowest BCUT2D eigenvalue weighted by atomic mass is 9.87. The Morgan fingerprint density at radius 1 is 0.310 bits per heavy atom. The fourth-order valence-corrected chi connectivity index (χ4v) is 30.1. The molecule has 20 heteroatoms. The number of allylic oxidation sites excluding steroid dienone is 8. The van der Waals surface area contributed by atoms with Gasteiger partial charge in [0, 0.05) is 29.2 Å². The van der Waals surface area contributed by atoms with Gasteiger partial charge < -0.3 is 9.47 Å². The fourth-order valence-electron chi connectivity index (χ4n) is 15.4. The van der Waals surface area contributed by atoms with Crippen LogP contribution >= 0.6 is 45.2 Å². The van der Waals surface area contributed by atoms with Crippen molar-refractivity contribution in [1.82, 2.24) is 0 Å². The van der Waals surface area contributed by atoms with E-state index in [2.05, 4.69) is 254 Å². The highest BCUT2D eigenvalue weighted by Crippen LogP contribution is 2.51. The molecule has 0 bridgehead atoms. The molecule has 20 rings (SSSR count). The van der Waals surface area contributed by atoms with Crippen LogP contribution in [0.4, 0.5) is 43.9 Å². The SMILES string of the molecule is C1=CC2c3ccccc3[S+](c3ccccc3)C2C=C1.CC(C)(C)c1ccc([S+]2CCOCC2)cc1.FC(F)(F)c1ccc([S+](c2ccc(I)cc2)c2ccc(C(F)(F)F)cc2)cc1.Fc1ccc([S+](c2ccc(F)cc2)c2ccc(I)cc2)cc1.Fc1ccc([S+]2c3ccccc3C3C=CC=CC32)cc1.Fc1ccc([S+]2c3ccccc3OC3C=CC=CC32)cc1. The van der Waals surface area contributed by atoms with Gasteiger partial charge in [0.05, 0.1) is 90.7 Å². The molecule has 1 saturated heterocycles. The Labute approximate surface area is 775 Å². The average molecular weight is 2030 g/mol. The van der Waals surface area contributed by atoms with E-state index < -0.39 is 34.4 Å². The van der Waals surface area contributed by atoms with Gasteiger partial charge in [-0.25, -0.2) is 17.6 Å². The van der Waals surface area contributed by atoms with Crippen LogP contribution in [0, 0.1) is 30.4 Å². The molecule has 0 N–H and O–H groups in total. The molecule has 13 aromatic carbocycles. The minimum absolute atomic E-state index is 0.00488. The van der Waals surface area contributed by atoms with Crippen LogP contribution in [0.2, 0.25) is 0 Å². The van der Waals surface area contributed by atoms with Crippen LogP contribution in [0.5, 0.6) is 5.75 Å². The minimum Gasteiger partial charge on any atom is -0.475 e. The first-order valence-corrected chi connectivity index (χ1v) is 50.9. The normalized spacial score (nSPS) is 19.6. The summed E-state index contributed by atoms with van der Waals surface area (Å²) in [6.07, 6.45) is 17.6. The van der Waals surface area contributed by atoms with Gasteiger partial charge >= 0.3 is 12.4 Å². The Kier molecular flexibility index (Phi) is 30.6. The molecule has 4 heterocycles. The van der Waals surface area contributed by atoms with Crippen molar-refractivity contribution in [2.45, 2.75) is 136 Å². The number of halogens is 12. The largest absolute Gasteiger partial charge is 0.475 e. The lowest BCUT2D eigenvalue weighted by molar-refractivity contribution is -0.138. The summed E-state index contributed by atoms with van der Waals surface area (Å²) in [5.74, 6) is 3.49. The minimum atomic E-state index is -4.45. The number of ether oxygens (including phenoxy) is 2. The molecule has 1 fully saturated rings. The van der Waals surface area contributed by atoms with Gasteiger partial charge in [0.15, 0.2) is 86.3 Å². The van der Waals surface area contributed by atoms with Crippen molar-refractivity contribution in [3.8, 4) is 5.75 Å². The van der Waals surface area contributed by atoms with E-state index >= 15 is 0 Å². The van der Waals surface area contributed by atoms with Crippen molar-refractivity contribution < 1.29 is 53.4 Å². The zero-order valence-electron chi connectivity index (χ0n) is 68.6. The van der Waals surface area contributed by atoms with Gasteiger partial charge in [-0.1, -0.05) is 148 Å². The Bertz CT molecular complexity index is 5820. The van der Waals surface area contributed by atoms with E-state index in [4.69, 9.17) is 9.47 Å². The summed E-state index contributed by atoms with van der Waals surface area (Å²) >= 11 is 4.39. The molecule has 4 aliphatic heterocycles. The zero-order valence-corrected chi connectivity index (χ0v) is 77.8. The van der Waals surface area contributed by atoms with Crippen molar-refractivity contribution in [1.29, 1.82) is 0 Å².